The summed E-state index contributed by atoms with van der Waals surface area (Å²) in [6, 6.07) is 18.5. The second-order valence-corrected chi connectivity index (χ2v) is 8.27. The first-order chi connectivity index (χ1) is 14.6. The average Bonchev–Trinajstić information content (AvgIpc) is 3.38. The van der Waals surface area contributed by atoms with E-state index in [-0.39, 0.29) is 12.0 Å². The lowest BCUT2D eigenvalue weighted by Crippen LogP contribution is -2.48. The molecule has 2 aromatic carbocycles. The molecule has 3 aromatic rings. The first-order valence-electron chi connectivity index (χ1n) is 10.4. The zero-order chi connectivity index (χ0) is 20.6. The van der Waals surface area contributed by atoms with E-state index in [4.69, 9.17) is 4.74 Å². The Balaban J connectivity index is 1.21. The number of nitrogens with zero attached hydrogens (tertiary/aromatic N) is 2. The van der Waals surface area contributed by atoms with Gasteiger partial charge < -0.3 is 14.7 Å². The Hall–Kier alpha value is -3.12. The second kappa shape index (κ2) is 7.61. The standard InChI is InChI=1S/C24H25N3O3/c28-23(27-13-10-24(29,11-14-27)15-17-9-12-25-26-17)30-16-22-20-7-3-1-5-18(20)19-6-2-4-8-21(19)22/h1-9,12,22,29H,10-11,13-16H2,(H,25,26). The maximum absolute atomic E-state index is 12.7. The van der Waals surface area contributed by atoms with Crippen LogP contribution in [0.25, 0.3) is 11.1 Å². The number of nitrogens with one attached hydrogen (secondary N) is 1. The molecule has 0 unspecified atom stereocenters. The summed E-state index contributed by atoms with van der Waals surface area (Å²) in [4.78, 5) is 14.4. The Labute approximate surface area is 175 Å². The molecule has 0 spiro atoms. The van der Waals surface area contributed by atoms with Gasteiger partial charge in [0.15, 0.2) is 0 Å². The minimum atomic E-state index is -0.813. The molecule has 0 bridgehead atoms. The fourth-order valence-electron chi connectivity index (χ4n) is 4.71. The molecule has 5 rings (SSSR count). The zero-order valence-corrected chi connectivity index (χ0v) is 16.8. The number of ether oxygens (including phenoxy) is 1. The van der Waals surface area contributed by atoms with E-state index in [1.165, 1.54) is 22.3 Å². The van der Waals surface area contributed by atoms with Crippen LogP contribution in [0.1, 0.15) is 35.6 Å². The number of aromatic amines is 1. The van der Waals surface area contributed by atoms with Crippen molar-refractivity contribution in [1.29, 1.82) is 0 Å². The van der Waals surface area contributed by atoms with Gasteiger partial charge in [-0.05, 0) is 41.2 Å². The van der Waals surface area contributed by atoms with Crippen molar-refractivity contribution in [3.05, 3.63) is 77.6 Å². The normalized spacial score (nSPS) is 17.4. The lowest BCUT2D eigenvalue weighted by molar-refractivity contribution is -0.0207. The van der Waals surface area contributed by atoms with Gasteiger partial charge >= 0.3 is 6.09 Å². The molecular weight excluding hydrogens is 378 g/mol. The topological polar surface area (TPSA) is 78.4 Å². The van der Waals surface area contributed by atoms with Gasteiger partial charge in [0.25, 0.3) is 0 Å². The number of benzene rings is 2. The van der Waals surface area contributed by atoms with E-state index in [1.807, 2.05) is 30.3 Å². The summed E-state index contributed by atoms with van der Waals surface area (Å²) >= 11 is 0. The molecule has 1 amide bonds. The summed E-state index contributed by atoms with van der Waals surface area (Å²) in [5.41, 5.74) is 4.95. The molecule has 0 atom stereocenters. The molecule has 0 saturated carbocycles. The fraction of sp³-hybridized carbons (Fsp3) is 0.333. The van der Waals surface area contributed by atoms with Crippen molar-refractivity contribution in [2.45, 2.75) is 30.8 Å². The number of hydrogen-bond donors (Lipinski definition) is 2. The Morgan fingerprint density at radius 1 is 1.07 bits per heavy atom. The van der Waals surface area contributed by atoms with Gasteiger partial charge in [-0.25, -0.2) is 4.79 Å². The number of likely N-dealkylation sites (tertiary alicyclic amines) is 1. The highest BCUT2D eigenvalue weighted by atomic mass is 16.6. The van der Waals surface area contributed by atoms with Crippen LogP contribution in [0, 0.1) is 0 Å². The largest absolute Gasteiger partial charge is 0.448 e. The van der Waals surface area contributed by atoms with Crippen molar-refractivity contribution in [2.75, 3.05) is 19.7 Å². The summed E-state index contributed by atoms with van der Waals surface area (Å²) in [5, 5.41) is 17.7. The highest BCUT2D eigenvalue weighted by molar-refractivity contribution is 5.79. The smallest absolute Gasteiger partial charge is 0.409 e. The lowest BCUT2D eigenvalue weighted by Gasteiger charge is -2.37. The molecule has 1 aromatic heterocycles. The van der Waals surface area contributed by atoms with E-state index in [2.05, 4.69) is 34.5 Å². The number of aliphatic hydroxyl groups is 1. The summed E-state index contributed by atoms with van der Waals surface area (Å²) in [5.74, 6) is 0.0588. The fourth-order valence-corrected chi connectivity index (χ4v) is 4.71. The highest BCUT2D eigenvalue weighted by Crippen LogP contribution is 2.44. The second-order valence-electron chi connectivity index (χ2n) is 8.27. The number of fused-ring (bicyclic) bond motifs is 3. The van der Waals surface area contributed by atoms with Crippen LogP contribution in [0.3, 0.4) is 0 Å². The first kappa shape index (κ1) is 18.9. The van der Waals surface area contributed by atoms with Crippen LogP contribution in [0.2, 0.25) is 0 Å². The molecule has 6 heteroatoms. The zero-order valence-electron chi connectivity index (χ0n) is 16.8. The first-order valence-corrected chi connectivity index (χ1v) is 10.4. The van der Waals surface area contributed by atoms with Crippen molar-refractivity contribution < 1.29 is 14.6 Å². The third-order valence-electron chi connectivity index (χ3n) is 6.37. The highest BCUT2D eigenvalue weighted by Gasteiger charge is 2.36. The van der Waals surface area contributed by atoms with Crippen LogP contribution in [0.15, 0.2) is 60.8 Å². The predicted octanol–water partition coefficient (Wildman–Crippen LogP) is 3.73. The molecule has 1 aliphatic carbocycles. The van der Waals surface area contributed by atoms with Gasteiger partial charge in [0.2, 0.25) is 0 Å². The molecule has 1 aliphatic heterocycles. The molecule has 2 N–H and O–H groups in total. The van der Waals surface area contributed by atoms with Gasteiger partial charge in [-0.3, -0.25) is 5.10 Å². The molecule has 0 radical (unpaired) electrons. The molecule has 1 fully saturated rings. The molecule has 2 heterocycles. The minimum Gasteiger partial charge on any atom is -0.448 e. The van der Waals surface area contributed by atoms with E-state index in [0.717, 1.165) is 5.69 Å². The van der Waals surface area contributed by atoms with E-state index in [1.54, 1.807) is 11.1 Å². The molecule has 154 valence electrons. The molecule has 2 aliphatic rings. The van der Waals surface area contributed by atoms with Crippen LogP contribution in [0.5, 0.6) is 0 Å². The van der Waals surface area contributed by atoms with E-state index >= 15 is 0 Å². The maximum Gasteiger partial charge on any atom is 0.409 e. The van der Waals surface area contributed by atoms with Gasteiger partial charge in [0.1, 0.15) is 6.61 Å². The van der Waals surface area contributed by atoms with Crippen LogP contribution in [-0.2, 0) is 11.2 Å². The molecule has 1 saturated heterocycles. The van der Waals surface area contributed by atoms with Crippen molar-refractivity contribution in [3.63, 3.8) is 0 Å². The summed E-state index contributed by atoms with van der Waals surface area (Å²) in [7, 11) is 0. The van der Waals surface area contributed by atoms with Crippen LogP contribution in [-0.4, -0.2) is 51.6 Å². The van der Waals surface area contributed by atoms with Crippen molar-refractivity contribution in [2.24, 2.45) is 0 Å². The summed E-state index contributed by atoms with van der Waals surface area (Å²) in [6.07, 6.45) is 2.95. The summed E-state index contributed by atoms with van der Waals surface area (Å²) in [6.45, 7) is 1.30. The molecule has 30 heavy (non-hydrogen) atoms. The number of hydrogen-bond acceptors (Lipinski definition) is 4. The number of carbonyl (C=O) groups excluding carboxylic acids is 1. The number of aromatic nitrogens is 2. The monoisotopic (exact) mass is 403 g/mol. The minimum absolute atomic E-state index is 0.0588. The van der Waals surface area contributed by atoms with Gasteiger partial charge in [0, 0.05) is 37.3 Å². The quantitative estimate of drug-likeness (QED) is 0.696. The number of piperidine rings is 1. The van der Waals surface area contributed by atoms with E-state index < -0.39 is 5.60 Å². The van der Waals surface area contributed by atoms with Crippen molar-refractivity contribution in [3.8, 4) is 11.1 Å². The van der Waals surface area contributed by atoms with Crippen molar-refractivity contribution in [1.82, 2.24) is 15.1 Å². The van der Waals surface area contributed by atoms with Crippen molar-refractivity contribution >= 4 is 6.09 Å². The third kappa shape index (κ3) is 3.48. The maximum atomic E-state index is 12.7. The van der Waals surface area contributed by atoms with Gasteiger partial charge in [-0.1, -0.05) is 48.5 Å². The van der Waals surface area contributed by atoms with Crippen LogP contribution < -0.4 is 0 Å². The number of amides is 1. The van der Waals surface area contributed by atoms with E-state index in [0.29, 0.717) is 39.0 Å². The number of rotatable bonds is 4. The van der Waals surface area contributed by atoms with Crippen LogP contribution >= 0.6 is 0 Å². The Bertz CT molecular complexity index is 994. The molecular formula is C24H25N3O3. The summed E-state index contributed by atoms with van der Waals surface area (Å²) < 4.78 is 5.74. The van der Waals surface area contributed by atoms with Gasteiger partial charge in [0.05, 0.1) is 5.60 Å². The van der Waals surface area contributed by atoms with Gasteiger partial charge in [-0.2, -0.15) is 5.10 Å². The number of H-pyrrole nitrogens is 1. The SMILES string of the molecule is O=C(OCC1c2ccccc2-c2ccccc21)N1CCC(O)(Cc2ccn[nH]2)CC1. The predicted molar refractivity (Wildman–Crippen MR) is 113 cm³/mol. The number of carbonyl (C=O) groups is 1. The van der Waals surface area contributed by atoms with E-state index in [9.17, 15) is 9.90 Å². The molecule has 6 nitrogen and oxygen atoms in total. The third-order valence-corrected chi connectivity index (χ3v) is 6.37. The van der Waals surface area contributed by atoms with Gasteiger partial charge in [-0.15, -0.1) is 0 Å². The Morgan fingerprint density at radius 3 is 2.30 bits per heavy atom. The lowest BCUT2D eigenvalue weighted by atomic mass is 9.87. The Kier molecular flexibility index (Phi) is 4.79. The Morgan fingerprint density at radius 2 is 1.70 bits per heavy atom. The average molecular weight is 403 g/mol. The van der Waals surface area contributed by atoms with Crippen LogP contribution in [0.4, 0.5) is 4.79 Å².